The zero-order valence-electron chi connectivity index (χ0n) is 64.9. The van der Waals surface area contributed by atoms with Crippen LogP contribution in [0.15, 0.2) is 146 Å². The second-order valence-electron chi connectivity index (χ2n) is 26.2. The first-order valence-electron chi connectivity index (χ1n) is 40.1. The Bertz CT molecular complexity index is 2540. The topological polar surface area (TPSA) is 237 Å². The summed E-state index contributed by atoms with van der Waals surface area (Å²) in [7, 11) is -9.98. The second kappa shape index (κ2) is 76.1. The SMILES string of the molecule is CC/C=C\C/C=C\C/C=C\C/C=C\C/C=C\CCCCCC(=O)OCC(COP(=O)(O)OCC(O)COP(=O)(O)OCC(COC(=O)CCCCCCC/C=C\C/C=C\C/C=C\CC)OC(=O)CCCCCCCCCCCCC)OC(=O)CCCCCCCC/C=C\C/C=C\C/C=C\C/C=C\CC. The van der Waals surface area contributed by atoms with Gasteiger partial charge in [0.05, 0.1) is 26.4 Å². The fourth-order valence-electron chi connectivity index (χ4n) is 10.3. The van der Waals surface area contributed by atoms with E-state index in [2.05, 4.69) is 174 Å². The lowest BCUT2D eigenvalue weighted by molar-refractivity contribution is -0.161. The minimum absolute atomic E-state index is 0.0667. The number of aliphatic hydroxyl groups is 1. The van der Waals surface area contributed by atoms with Gasteiger partial charge in [0, 0.05) is 25.7 Å². The highest BCUT2D eigenvalue weighted by atomic mass is 31.2. The number of ether oxygens (including phenoxy) is 4. The van der Waals surface area contributed by atoms with E-state index in [1.807, 2.05) is 0 Å². The van der Waals surface area contributed by atoms with Crippen molar-refractivity contribution in [3.8, 4) is 0 Å². The molecule has 0 aromatic carbocycles. The number of allylic oxidation sites excluding steroid dienone is 24. The Balaban J connectivity index is 5.40. The van der Waals surface area contributed by atoms with E-state index in [4.69, 9.17) is 37.0 Å². The van der Waals surface area contributed by atoms with E-state index in [0.717, 1.165) is 193 Å². The maximum atomic E-state index is 13.1. The molecule has 5 unspecified atom stereocenters. The van der Waals surface area contributed by atoms with Crippen LogP contribution < -0.4 is 0 Å². The minimum atomic E-state index is -5.00. The van der Waals surface area contributed by atoms with E-state index in [0.29, 0.717) is 25.7 Å². The van der Waals surface area contributed by atoms with Crippen molar-refractivity contribution in [2.75, 3.05) is 39.6 Å². The van der Waals surface area contributed by atoms with Crippen LogP contribution in [0.4, 0.5) is 0 Å². The molecule has 5 atom stereocenters. The molecule has 0 aliphatic rings. The van der Waals surface area contributed by atoms with Gasteiger partial charge >= 0.3 is 39.5 Å². The van der Waals surface area contributed by atoms with E-state index >= 15 is 0 Å². The maximum Gasteiger partial charge on any atom is 0.472 e. The van der Waals surface area contributed by atoms with Gasteiger partial charge in [-0.1, -0.05) is 289 Å². The van der Waals surface area contributed by atoms with E-state index in [1.165, 1.54) is 38.5 Å². The molecule has 0 radical (unpaired) electrons. The Hall–Kier alpha value is -5.06. The molecule has 19 heteroatoms. The Kier molecular flexibility index (Phi) is 72.4. The monoisotopic (exact) mass is 1500 g/mol. The van der Waals surface area contributed by atoms with Crippen molar-refractivity contribution in [2.24, 2.45) is 0 Å². The van der Waals surface area contributed by atoms with Crippen LogP contribution in [0, 0.1) is 0 Å². The van der Waals surface area contributed by atoms with Crippen LogP contribution in [0.2, 0.25) is 0 Å². The minimum Gasteiger partial charge on any atom is -0.462 e. The molecule has 0 aliphatic heterocycles. The Morgan fingerprint density at radius 2 is 0.500 bits per heavy atom. The van der Waals surface area contributed by atoms with Crippen molar-refractivity contribution in [2.45, 2.75) is 329 Å². The van der Waals surface area contributed by atoms with Crippen molar-refractivity contribution in [1.82, 2.24) is 0 Å². The normalized spacial score (nSPS) is 14.6. The summed E-state index contributed by atoms with van der Waals surface area (Å²) in [6.07, 6.45) is 86.8. The number of phosphoric acid groups is 2. The largest absolute Gasteiger partial charge is 0.472 e. The van der Waals surface area contributed by atoms with Crippen LogP contribution in [0.3, 0.4) is 0 Å². The van der Waals surface area contributed by atoms with Crippen LogP contribution in [0.1, 0.15) is 310 Å². The summed E-state index contributed by atoms with van der Waals surface area (Å²) in [6.45, 7) is 4.46. The van der Waals surface area contributed by atoms with Gasteiger partial charge in [0.25, 0.3) is 0 Å². The number of aliphatic hydroxyl groups excluding tert-OH is 1. The first kappa shape index (κ1) is 98.9. The molecule has 0 aliphatic carbocycles. The third-order valence-corrected chi connectivity index (χ3v) is 18.2. The van der Waals surface area contributed by atoms with Gasteiger partial charge in [-0.2, -0.15) is 0 Å². The lowest BCUT2D eigenvalue weighted by atomic mass is 10.1. The van der Waals surface area contributed by atoms with Gasteiger partial charge in [0.1, 0.15) is 19.3 Å². The molecular formula is C85H142O17P2. The van der Waals surface area contributed by atoms with Gasteiger partial charge < -0.3 is 33.8 Å². The molecule has 0 saturated carbocycles. The molecule has 0 amide bonds. The molecule has 17 nitrogen and oxygen atoms in total. The quantitative estimate of drug-likeness (QED) is 0.0169. The fraction of sp³-hybridized carbons (Fsp3) is 0.671. The number of phosphoric ester groups is 2. The molecule has 0 heterocycles. The van der Waals surface area contributed by atoms with Gasteiger partial charge in [-0.15, -0.1) is 0 Å². The highest BCUT2D eigenvalue weighted by molar-refractivity contribution is 7.47. The van der Waals surface area contributed by atoms with E-state index in [9.17, 15) is 43.2 Å². The fourth-order valence-corrected chi connectivity index (χ4v) is 11.9. The second-order valence-corrected chi connectivity index (χ2v) is 29.1. The molecule has 0 fully saturated rings. The van der Waals surface area contributed by atoms with E-state index in [-0.39, 0.29) is 25.7 Å². The molecule has 594 valence electrons. The molecule has 0 bridgehead atoms. The summed E-state index contributed by atoms with van der Waals surface area (Å²) >= 11 is 0. The number of hydrogen-bond acceptors (Lipinski definition) is 15. The molecule has 0 aromatic rings. The summed E-state index contributed by atoms with van der Waals surface area (Å²) in [5.41, 5.74) is 0. The van der Waals surface area contributed by atoms with E-state index in [1.54, 1.807) is 0 Å². The van der Waals surface area contributed by atoms with Crippen LogP contribution in [-0.2, 0) is 65.4 Å². The highest BCUT2D eigenvalue weighted by Crippen LogP contribution is 2.45. The van der Waals surface area contributed by atoms with Crippen LogP contribution in [0.5, 0.6) is 0 Å². The first-order valence-corrected chi connectivity index (χ1v) is 43.1. The number of carbonyl (C=O) groups excluding carboxylic acids is 4. The number of rotatable bonds is 74. The summed E-state index contributed by atoms with van der Waals surface area (Å²) < 4.78 is 68.6. The first-order chi connectivity index (χ1) is 50.7. The molecule has 104 heavy (non-hydrogen) atoms. The molecule has 0 aromatic heterocycles. The lowest BCUT2D eigenvalue weighted by Gasteiger charge is -2.21. The number of unbranched alkanes of at least 4 members (excludes halogenated alkanes) is 24. The molecule has 0 saturated heterocycles. The number of hydrogen-bond donors (Lipinski definition) is 3. The van der Waals surface area contributed by atoms with Gasteiger partial charge in [-0.25, -0.2) is 9.13 Å². The zero-order chi connectivity index (χ0) is 76.0. The van der Waals surface area contributed by atoms with Gasteiger partial charge in [0.15, 0.2) is 12.2 Å². The Morgan fingerprint density at radius 1 is 0.279 bits per heavy atom. The summed E-state index contributed by atoms with van der Waals surface area (Å²) in [6, 6.07) is 0. The van der Waals surface area contributed by atoms with Crippen molar-refractivity contribution in [3.63, 3.8) is 0 Å². The van der Waals surface area contributed by atoms with Crippen LogP contribution in [-0.4, -0.2) is 96.7 Å². The zero-order valence-corrected chi connectivity index (χ0v) is 66.7. The maximum absolute atomic E-state index is 13.1. The smallest absolute Gasteiger partial charge is 0.462 e. The molecule has 0 spiro atoms. The number of esters is 4. The predicted molar refractivity (Wildman–Crippen MR) is 427 cm³/mol. The van der Waals surface area contributed by atoms with Crippen molar-refractivity contribution in [3.05, 3.63) is 146 Å². The van der Waals surface area contributed by atoms with Crippen molar-refractivity contribution < 1.29 is 80.2 Å². The summed E-state index contributed by atoms with van der Waals surface area (Å²) in [5.74, 6) is -2.24. The standard InChI is InChI=1S/C85H142O17P2/c1-5-9-13-17-21-25-29-32-35-37-39-41-44-47-51-54-58-62-66-70-83(88)96-76-81(102-85(90)72-68-64-60-56-52-48-45-42-40-38-36-33-30-26-22-18-14-10-6-2)78-100-104(93,94)98-74-79(86)73-97-103(91,92)99-77-80(101-84(89)71-67-63-59-55-49-28-24-20-16-12-8-4)75-95-82(87)69-65-61-57-53-50-46-43-34-31-27-23-19-15-11-7-3/h9-11,13-15,21-23,25-27,32-36,39-43,47,51,79-81,86H,5-8,12,16-20,24,28-31,37-38,44-46,48-50,52-78H2,1-4H3,(H,91,92)(H,93,94)/b13-9-,14-10-,15-11-,25-21-,26-22-,27-23-,35-32-,36-33-,41-39-,42-40-,43-34-,51-47-. The lowest BCUT2D eigenvalue weighted by Crippen LogP contribution is -2.30. The van der Waals surface area contributed by atoms with Gasteiger partial charge in [0.2, 0.25) is 0 Å². The predicted octanol–water partition coefficient (Wildman–Crippen LogP) is 23.4. The van der Waals surface area contributed by atoms with E-state index < -0.39 is 97.5 Å². The average molecular weight is 1500 g/mol. The molecular weight excluding hydrogens is 1350 g/mol. The van der Waals surface area contributed by atoms with Gasteiger partial charge in [-0.05, 0) is 141 Å². The van der Waals surface area contributed by atoms with Crippen molar-refractivity contribution in [1.29, 1.82) is 0 Å². The Labute approximate surface area is 630 Å². The van der Waals surface area contributed by atoms with Gasteiger partial charge in [-0.3, -0.25) is 37.3 Å². The van der Waals surface area contributed by atoms with Crippen molar-refractivity contribution >= 4 is 39.5 Å². The molecule has 0 rings (SSSR count). The summed E-state index contributed by atoms with van der Waals surface area (Å²) in [5, 5.41) is 10.6. The van der Waals surface area contributed by atoms with Crippen LogP contribution in [0.25, 0.3) is 0 Å². The average Bonchev–Trinajstić information content (AvgIpc) is 0.928. The molecule has 3 N–H and O–H groups in total. The summed E-state index contributed by atoms with van der Waals surface area (Å²) in [4.78, 5) is 73.0. The third-order valence-electron chi connectivity index (χ3n) is 16.3. The highest BCUT2D eigenvalue weighted by Gasteiger charge is 2.30. The Morgan fingerprint density at radius 3 is 0.779 bits per heavy atom. The number of carbonyl (C=O) groups is 4. The van der Waals surface area contributed by atoms with Crippen LogP contribution >= 0.6 is 15.6 Å². The third kappa shape index (κ3) is 75.2.